The van der Waals surface area contributed by atoms with E-state index in [9.17, 15) is 0 Å². The molecule has 1 fully saturated rings. The summed E-state index contributed by atoms with van der Waals surface area (Å²) in [4.78, 5) is 2.43. The van der Waals surface area contributed by atoms with Crippen molar-refractivity contribution < 1.29 is 0 Å². The van der Waals surface area contributed by atoms with E-state index >= 15 is 0 Å². The average molecular weight is 152 g/mol. The molecule has 2 rings (SSSR count). The van der Waals surface area contributed by atoms with Crippen LogP contribution in [0.25, 0.3) is 0 Å². The minimum Gasteiger partial charge on any atom is -0.361 e. The third kappa shape index (κ3) is 1.41. The highest BCUT2D eigenvalue weighted by Crippen LogP contribution is 2.18. The van der Waals surface area contributed by atoms with Crippen molar-refractivity contribution in [1.29, 1.82) is 0 Å². The first-order valence-electron chi connectivity index (χ1n) is 4.55. The molecule has 2 aliphatic rings. The Bertz CT molecular complexity index is 165. The zero-order valence-electron chi connectivity index (χ0n) is 7.09. The lowest BCUT2D eigenvalue weighted by Crippen LogP contribution is -2.32. The van der Waals surface area contributed by atoms with E-state index in [2.05, 4.69) is 29.4 Å². The largest absolute Gasteiger partial charge is 0.361 e. The summed E-state index contributed by atoms with van der Waals surface area (Å²) in [5.41, 5.74) is 0. The summed E-state index contributed by atoms with van der Waals surface area (Å²) in [7, 11) is 0. The fourth-order valence-electron chi connectivity index (χ4n) is 1.97. The summed E-state index contributed by atoms with van der Waals surface area (Å²) in [6.45, 7) is 3.43. The van der Waals surface area contributed by atoms with E-state index in [0.717, 1.165) is 0 Å². The molecule has 62 valence electrons. The molecule has 0 radical (unpaired) electrons. The molecule has 11 heavy (non-hydrogen) atoms. The van der Waals surface area contributed by atoms with Crippen LogP contribution in [0.1, 0.15) is 26.2 Å². The Morgan fingerprint density at radius 1 is 1.55 bits per heavy atom. The maximum absolute atomic E-state index is 3.57. The van der Waals surface area contributed by atoms with Crippen LogP contribution >= 0.6 is 0 Å². The lowest BCUT2D eigenvalue weighted by Gasteiger charge is -2.19. The van der Waals surface area contributed by atoms with Crippen molar-refractivity contribution in [2.45, 2.75) is 38.4 Å². The molecule has 0 aromatic carbocycles. The predicted octanol–water partition coefficient (Wildman–Crippen LogP) is 1.30. The minimum absolute atomic E-state index is 0.628. The molecule has 0 aromatic rings. The van der Waals surface area contributed by atoms with Crippen LogP contribution in [-0.2, 0) is 0 Å². The normalized spacial score (nSPS) is 37.0. The fourth-order valence-corrected chi connectivity index (χ4v) is 1.97. The van der Waals surface area contributed by atoms with Crippen molar-refractivity contribution in [3.8, 4) is 0 Å². The van der Waals surface area contributed by atoms with Gasteiger partial charge in [-0.3, -0.25) is 5.32 Å². The van der Waals surface area contributed by atoms with Gasteiger partial charge in [0.1, 0.15) is 0 Å². The number of hydrogen-bond acceptors (Lipinski definition) is 2. The van der Waals surface area contributed by atoms with Crippen molar-refractivity contribution in [1.82, 2.24) is 10.2 Å². The van der Waals surface area contributed by atoms with Crippen LogP contribution in [0.5, 0.6) is 0 Å². The van der Waals surface area contributed by atoms with Gasteiger partial charge in [-0.25, -0.2) is 0 Å². The standard InChI is InChI=1S/C9H16N2/c1-8-7-11-6-4-2-3-5-9(11)10-8/h4,6,8-10H,2-3,5,7H2,1H3. The summed E-state index contributed by atoms with van der Waals surface area (Å²) in [6, 6.07) is 0.669. The van der Waals surface area contributed by atoms with Gasteiger partial charge >= 0.3 is 0 Å². The SMILES string of the molecule is CC1CN2C=CCCCC2N1. The van der Waals surface area contributed by atoms with Gasteiger partial charge in [0, 0.05) is 12.6 Å². The zero-order chi connectivity index (χ0) is 7.68. The molecule has 0 amide bonds. The van der Waals surface area contributed by atoms with Crippen molar-refractivity contribution in [2.24, 2.45) is 0 Å². The molecule has 2 aliphatic heterocycles. The second kappa shape index (κ2) is 2.86. The summed E-state index contributed by atoms with van der Waals surface area (Å²) in [6.07, 6.45) is 9.06. The first-order chi connectivity index (χ1) is 5.36. The van der Waals surface area contributed by atoms with Crippen LogP contribution < -0.4 is 5.32 Å². The van der Waals surface area contributed by atoms with Crippen LogP contribution in [0.15, 0.2) is 12.3 Å². The van der Waals surface area contributed by atoms with E-state index in [0.29, 0.717) is 12.2 Å². The minimum atomic E-state index is 0.628. The smallest absolute Gasteiger partial charge is 0.0793 e. The van der Waals surface area contributed by atoms with Crippen molar-refractivity contribution >= 4 is 0 Å². The number of nitrogens with zero attached hydrogens (tertiary/aromatic N) is 1. The van der Waals surface area contributed by atoms with Crippen LogP contribution in [0, 0.1) is 0 Å². The van der Waals surface area contributed by atoms with Crippen molar-refractivity contribution in [3.05, 3.63) is 12.3 Å². The number of rotatable bonds is 0. The summed E-state index contributed by atoms with van der Waals surface area (Å²) >= 11 is 0. The molecule has 1 saturated heterocycles. The summed E-state index contributed by atoms with van der Waals surface area (Å²) in [5, 5.41) is 3.57. The third-order valence-electron chi connectivity index (χ3n) is 2.51. The zero-order valence-corrected chi connectivity index (χ0v) is 7.09. The third-order valence-corrected chi connectivity index (χ3v) is 2.51. The first kappa shape index (κ1) is 7.17. The Morgan fingerprint density at radius 2 is 2.45 bits per heavy atom. The van der Waals surface area contributed by atoms with E-state index < -0.39 is 0 Å². The van der Waals surface area contributed by atoms with Gasteiger partial charge in [-0.05, 0) is 32.4 Å². The van der Waals surface area contributed by atoms with Crippen LogP contribution in [0.4, 0.5) is 0 Å². The summed E-state index contributed by atoms with van der Waals surface area (Å²) in [5.74, 6) is 0. The van der Waals surface area contributed by atoms with Gasteiger partial charge < -0.3 is 4.90 Å². The number of fused-ring (bicyclic) bond motifs is 1. The Balaban J connectivity index is 2.05. The molecule has 2 heterocycles. The Hall–Kier alpha value is -0.500. The Morgan fingerprint density at radius 3 is 3.36 bits per heavy atom. The molecule has 1 N–H and O–H groups in total. The van der Waals surface area contributed by atoms with Gasteiger partial charge in [0.05, 0.1) is 6.17 Å². The van der Waals surface area contributed by atoms with E-state index in [4.69, 9.17) is 0 Å². The van der Waals surface area contributed by atoms with Gasteiger partial charge in [0.15, 0.2) is 0 Å². The highest BCUT2D eigenvalue weighted by Gasteiger charge is 2.26. The molecule has 0 aromatic heterocycles. The molecule has 0 aliphatic carbocycles. The fraction of sp³-hybridized carbons (Fsp3) is 0.778. The number of hydrogen-bond donors (Lipinski definition) is 1. The molecule has 2 unspecified atom stereocenters. The quantitative estimate of drug-likeness (QED) is 0.563. The topological polar surface area (TPSA) is 15.3 Å². The highest BCUT2D eigenvalue weighted by atomic mass is 15.3. The second-order valence-corrected chi connectivity index (χ2v) is 3.60. The predicted molar refractivity (Wildman–Crippen MR) is 46.1 cm³/mol. The monoisotopic (exact) mass is 152 g/mol. The average Bonchev–Trinajstić information content (AvgIpc) is 2.17. The van der Waals surface area contributed by atoms with Crippen LogP contribution in [0.2, 0.25) is 0 Å². The van der Waals surface area contributed by atoms with Crippen molar-refractivity contribution in [3.63, 3.8) is 0 Å². The Kier molecular flexibility index (Phi) is 1.86. The Labute approximate surface area is 68.3 Å². The maximum atomic E-state index is 3.57. The maximum Gasteiger partial charge on any atom is 0.0793 e. The van der Waals surface area contributed by atoms with Gasteiger partial charge in [-0.2, -0.15) is 0 Å². The second-order valence-electron chi connectivity index (χ2n) is 3.60. The molecule has 0 saturated carbocycles. The number of allylic oxidation sites excluding steroid dienone is 1. The first-order valence-corrected chi connectivity index (χ1v) is 4.55. The molecule has 0 bridgehead atoms. The molecule has 2 atom stereocenters. The van der Waals surface area contributed by atoms with Gasteiger partial charge in [-0.1, -0.05) is 6.08 Å². The van der Waals surface area contributed by atoms with Gasteiger partial charge in [-0.15, -0.1) is 0 Å². The highest BCUT2D eigenvalue weighted by molar-refractivity contribution is 4.95. The number of nitrogens with one attached hydrogen (secondary N) is 1. The molecule has 2 heteroatoms. The van der Waals surface area contributed by atoms with E-state index in [1.807, 2.05) is 0 Å². The molecular weight excluding hydrogens is 136 g/mol. The van der Waals surface area contributed by atoms with Crippen LogP contribution in [0.3, 0.4) is 0 Å². The van der Waals surface area contributed by atoms with E-state index in [-0.39, 0.29) is 0 Å². The molecule has 0 spiro atoms. The van der Waals surface area contributed by atoms with E-state index in [1.165, 1.54) is 25.8 Å². The van der Waals surface area contributed by atoms with Crippen molar-refractivity contribution in [2.75, 3.05) is 6.54 Å². The van der Waals surface area contributed by atoms with Gasteiger partial charge in [0.25, 0.3) is 0 Å². The molecular formula is C9H16N2. The lowest BCUT2D eigenvalue weighted by molar-refractivity contribution is 0.317. The summed E-state index contributed by atoms with van der Waals surface area (Å²) < 4.78 is 0. The lowest BCUT2D eigenvalue weighted by atomic mass is 10.2. The van der Waals surface area contributed by atoms with Crippen LogP contribution in [-0.4, -0.2) is 23.7 Å². The van der Waals surface area contributed by atoms with E-state index in [1.54, 1.807) is 0 Å². The van der Waals surface area contributed by atoms with Gasteiger partial charge in [0.2, 0.25) is 0 Å². The molecule has 2 nitrogen and oxygen atoms in total.